The summed E-state index contributed by atoms with van der Waals surface area (Å²) in [6.07, 6.45) is 2.27. The van der Waals surface area contributed by atoms with Crippen molar-refractivity contribution < 1.29 is 9.94 Å². The van der Waals surface area contributed by atoms with Gasteiger partial charge in [0.2, 0.25) is 0 Å². The lowest BCUT2D eigenvalue weighted by Crippen LogP contribution is -2.16. The van der Waals surface area contributed by atoms with Gasteiger partial charge in [-0.05, 0) is 37.0 Å². The minimum Gasteiger partial charge on any atom is -0.493 e. The molecule has 1 aromatic rings. The number of rotatable bonds is 6. The molecule has 0 radical (unpaired) electrons. The quantitative estimate of drug-likeness (QED) is 0.353. The van der Waals surface area contributed by atoms with Crippen LogP contribution in [-0.4, -0.2) is 17.6 Å². The molecule has 4 heteroatoms. The van der Waals surface area contributed by atoms with Gasteiger partial charge < -0.3 is 15.7 Å². The van der Waals surface area contributed by atoms with Crippen LogP contribution in [0.25, 0.3) is 0 Å². The van der Waals surface area contributed by atoms with Crippen molar-refractivity contribution in [1.82, 2.24) is 0 Å². The molecular formula is C14H22N2O2. The van der Waals surface area contributed by atoms with Crippen molar-refractivity contribution in [2.75, 3.05) is 6.61 Å². The van der Waals surface area contributed by atoms with Gasteiger partial charge >= 0.3 is 0 Å². The summed E-state index contributed by atoms with van der Waals surface area (Å²) in [5.41, 5.74) is 7.35. The molecule has 1 unspecified atom stereocenters. The third-order valence-electron chi connectivity index (χ3n) is 2.83. The van der Waals surface area contributed by atoms with Crippen LogP contribution in [0.5, 0.6) is 5.75 Å². The molecule has 0 fully saturated rings. The zero-order chi connectivity index (χ0) is 13.5. The molecule has 0 aliphatic carbocycles. The van der Waals surface area contributed by atoms with Crippen LogP contribution in [-0.2, 0) is 0 Å². The Kier molecular flexibility index (Phi) is 5.49. The zero-order valence-corrected chi connectivity index (χ0v) is 11.3. The van der Waals surface area contributed by atoms with Gasteiger partial charge in [-0.2, -0.15) is 0 Å². The molecule has 0 amide bonds. The van der Waals surface area contributed by atoms with Crippen molar-refractivity contribution >= 4 is 5.84 Å². The summed E-state index contributed by atoms with van der Waals surface area (Å²) in [6, 6.07) is 5.63. The fourth-order valence-electron chi connectivity index (χ4n) is 1.82. The lowest BCUT2D eigenvalue weighted by Gasteiger charge is -2.15. The van der Waals surface area contributed by atoms with Crippen molar-refractivity contribution in [3.8, 4) is 5.75 Å². The van der Waals surface area contributed by atoms with Crippen molar-refractivity contribution in [2.45, 2.75) is 33.6 Å². The molecule has 1 rings (SSSR count). The molecule has 0 saturated heterocycles. The molecule has 0 heterocycles. The van der Waals surface area contributed by atoms with E-state index in [0.717, 1.165) is 18.4 Å². The summed E-state index contributed by atoms with van der Waals surface area (Å²) in [5.74, 6) is 1.25. The van der Waals surface area contributed by atoms with Gasteiger partial charge in [0.05, 0.1) is 12.2 Å². The Bertz CT molecular complexity index is 416. The van der Waals surface area contributed by atoms with E-state index in [2.05, 4.69) is 19.0 Å². The lowest BCUT2D eigenvalue weighted by molar-refractivity contribution is 0.250. The normalized spacial score (nSPS) is 13.4. The van der Waals surface area contributed by atoms with Crippen LogP contribution in [0.2, 0.25) is 0 Å². The molecule has 0 aromatic heterocycles. The number of hydrogen-bond acceptors (Lipinski definition) is 3. The minimum absolute atomic E-state index is 0.0770. The average Bonchev–Trinajstić information content (AvgIpc) is 2.36. The second-order valence-corrected chi connectivity index (χ2v) is 4.69. The van der Waals surface area contributed by atoms with E-state index in [4.69, 9.17) is 15.7 Å². The second kappa shape index (κ2) is 6.89. The third-order valence-corrected chi connectivity index (χ3v) is 2.83. The molecule has 18 heavy (non-hydrogen) atoms. The molecule has 4 nitrogen and oxygen atoms in total. The molecule has 0 aliphatic heterocycles. The Hall–Kier alpha value is -1.71. The molecule has 0 aliphatic rings. The largest absolute Gasteiger partial charge is 0.493 e. The zero-order valence-electron chi connectivity index (χ0n) is 11.3. The smallest absolute Gasteiger partial charge is 0.173 e. The summed E-state index contributed by atoms with van der Waals surface area (Å²) in [7, 11) is 0. The van der Waals surface area contributed by atoms with Gasteiger partial charge in [0.15, 0.2) is 5.84 Å². The first-order chi connectivity index (χ1) is 8.58. The Morgan fingerprint density at radius 3 is 2.83 bits per heavy atom. The molecule has 0 bridgehead atoms. The van der Waals surface area contributed by atoms with Crippen LogP contribution in [0, 0.1) is 12.8 Å². The minimum atomic E-state index is 0.0770. The van der Waals surface area contributed by atoms with Gasteiger partial charge in [0.25, 0.3) is 0 Å². The molecule has 1 atom stereocenters. The Labute approximate surface area is 108 Å². The van der Waals surface area contributed by atoms with Crippen LogP contribution in [0.3, 0.4) is 0 Å². The van der Waals surface area contributed by atoms with Crippen LogP contribution < -0.4 is 10.5 Å². The first-order valence-corrected chi connectivity index (χ1v) is 6.29. The highest BCUT2D eigenvalue weighted by molar-refractivity contribution is 5.99. The number of hydrogen-bond donors (Lipinski definition) is 2. The SMILES string of the molecule is CCCC(C)COc1cc(C)ccc1/C(N)=N/O. The van der Waals surface area contributed by atoms with E-state index in [1.54, 1.807) is 0 Å². The monoisotopic (exact) mass is 250 g/mol. The summed E-state index contributed by atoms with van der Waals surface area (Å²) in [5, 5.41) is 11.8. The lowest BCUT2D eigenvalue weighted by atomic mass is 10.1. The molecular weight excluding hydrogens is 228 g/mol. The number of nitrogens with two attached hydrogens (primary N) is 1. The van der Waals surface area contributed by atoms with Gasteiger partial charge in [-0.15, -0.1) is 0 Å². The number of oxime groups is 1. The first-order valence-electron chi connectivity index (χ1n) is 6.29. The fourth-order valence-corrected chi connectivity index (χ4v) is 1.82. The highest BCUT2D eigenvalue weighted by Crippen LogP contribution is 2.21. The Morgan fingerprint density at radius 2 is 2.22 bits per heavy atom. The standard InChI is InChI=1S/C14H22N2O2/c1-4-5-11(3)9-18-13-8-10(2)6-7-12(13)14(15)16-17/h6-8,11,17H,4-5,9H2,1-3H3,(H2,15,16). The third kappa shape index (κ3) is 3.95. The van der Waals surface area contributed by atoms with Crippen LogP contribution in [0.15, 0.2) is 23.4 Å². The number of nitrogens with zero attached hydrogens (tertiary/aromatic N) is 1. The summed E-state index contributed by atoms with van der Waals surface area (Å²) in [4.78, 5) is 0. The van der Waals surface area contributed by atoms with Crippen LogP contribution in [0.4, 0.5) is 0 Å². The molecule has 1 aromatic carbocycles. The second-order valence-electron chi connectivity index (χ2n) is 4.69. The van der Waals surface area contributed by atoms with Crippen LogP contribution >= 0.6 is 0 Å². The number of aryl methyl sites for hydroxylation is 1. The summed E-state index contributed by atoms with van der Waals surface area (Å²) < 4.78 is 5.78. The summed E-state index contributed by atoms with van der Waals surface area (Å²) in [6.45, 7) is 6.94. The maximum atomic E-state index is 8.75. The van der Waals surface area contributed by atoms with E-state index in [0.29, 0.717) is 23.8 Å². The van der Waals surface area contributed by atoms with E-state index >= 15 is 0 Å². The van der Waals surface area contributed by atoms with Crippen molar-refractivity contribution in [2.24, 2.45) is 16.8 Å². The van der Waals surface area contributed by atoms with Crippen molar-refractivity contribution in [1.29, 1.82) is 0 Å². The van der Waals surface area contributed by atoms with E-state index in [1.807, 2.05) is 25.1 Å². The molecule has 100 valence electrons. The maximum Gasteiger partial charge on any atom is 0.173 e. The summed E-state index contributed by atoms with van der Waals surface area (Å²) >= 11 is 0. The van der Waals surface area contributed by atoms with Gasteiger partial charge in [-0.25, -0.2) is 0 Å². The fraction of sp³-hybridized carbons (Fsp3) is 0.500. The maximum absolute atomic E-state index is 8.75. The predicted molar refractivity (Wildman–Crippen MR) is 73.3 cm³/mol. The van der Waals surface area contributed by atoms with Crippen LogP contribution in [0.1, 0.15) is 37.8 Å². The highest BCUT2D eigenvalue weighted by atomic mass is 16.5. The van der Waals surface area contributed by atoms with E-state index in [1.165, 1.54) is 0 Å². The number of amidine groups is 1. The predicted octanol–water partition coefficient (Wildman–Crippen LogP) is 2.90. The van der Waals surface area contributed by atoms with Gasteiger partial charge in [-0.3, -0.25) is 0 Å². The molecule has 0 saturated carbocycles. The number of benzene rings is 1. The first kappa shape index (κ1) is 14.4. The Balaban J connectivity index is 2.83. The van der Waals surface area contributed by atoms with E-state index in [-0.39, 0.29) is 5.84 Å². The van der Waals surface area contributed by atoms with Gasteiger partial charge in [0.1, 0.15) is 5.75 Å². The van der Waals surface area contributed by atoms with E-state index in [9.17, 15) is 0 Å². The highest BCUT2D eigenvalue weighted by Gasteiger charge is 2.10. The van der Waals surface area contributed by atoms with E-state index < -0.39 is 0 Å². The topological polar surface area (TPSA) is 67.8 Å². The average molecular weight is 250 g/mol. The van der Waals surface area contributed by atoms with Gasteiger partial charge in [0, 0.05) is 0 Å². The molecule has 0 spiro atoms. The van der Waals surface area contributed by atoms with Crippen molar-refractivity contribution in [3.63, 3.8) is 0 Å². The Morgan fingerprint density at radius 1 is 1.50 bits per heavy atom. The number of ether oxygens (including phenoxy) is 1. The van der Waals surface area contributed by atoms with Crippen molar-refractivity contribution in [3.05, 3.63) is 29.3 Å². The molecule has 3 N–H and O–H groups in total. The van der Waals surface area contributed by atoms with Gasteiger partial charge in [-0.1, -0.05) is 31.5 Å².